The number of nitrogens with zero attached hydrogens (tertiary/aromatic N) is 1. The van der Waals surface area contributed by atoms with E-state index in [4.69, 9.17) is 0 Å². The summed E-state index contributed by atoms with van der Waals surface area (Å²) in [4.78, 5) is 14.0. The van der Waals surface area contributed by atoms with Crippen LogP contribution >= 0.6 is 0 Å². The first-order chi connectivity index (χ1) is 11.9. The van der Waals surface area contributed by atoms with Crippen LogP contribution < -0.4 is 10.0 Å². The molecule has 0 saturated carbocycles. The zero-order chi connectivity index (χ0) is 18.3. The molecule has 1 aliphatic heterocycles. The molecule has 0 unspecified atom stereocenters. The van der Waals surface area contributed by atoms with Crippen LogP contribution in [0.5, 0.6) is 0 Å². The highest BCUT2D eigenvalue weighted by Crippen LogP contribution is 2.12. The van der Waals surface area contributed by atoms with Gasteiger partial charge in [0.05, 0.1) is 5.75 Å². The van der Waals surface area contributed by atoms with E-state index < -0.39 is 10.0 Å². The van der Waals surface area contributed by atoms with Crippen LogP contribution in [0.1, 0.15) is 37.3 Å². The summed E-state index contributed by atoms with van der Waals surface area (Å²) >= 11 is 0. The minimum atomic E-state index is -3.19. The summed E-state index contributed by atoms with van der Waals surface area (Å²) in [6.07, 6.45) is 2.74. The lowest BCUT2D eigenvalue weighted by Gasteiger charge is -2.32. The number of piperidine rings is 1. The third-order valence-corrected chi connectivity index (χ3v) is 6.17. The molecule has 0 bridgehead atoms. The van der Waals surface area contributed by atoms with Gasteiger partial charge in [-0.15, -0.1) is 0 Å². The first-order valence-corrected chi connectivity index (χ1v) is 10.6. The van der Waals surface area contributed by atoms with Crippen LogP contribution in [-0.4, -0.2) is 50.8 Å². The highest BCUT2D eigenvalue weighted by Gasteiger charge is 2.25. The zero-order valence-electron chi connectivity index (χ0n) is 15.1. The quantitative estimate of drug-likeness (QED) is 0.774. The number of amides is 2. The van der Waals surface area contributed by atoms with Gasteiger partial charge in [-0.2, -0.15) is 0 Å². The molecule has 2 N–H and O–H groups in total. The minimum absolute atomic E-state index is 0.0624. The summed E-state index contributed by atoms with van der Waals surface area (Å²) in [5.41, 5.74) is 2.48. The van der Waals surface area contributed by atoms with Crippen LogP contribution in [0.2, 0.25) is 0 Å². The number of urea groups is 1. The molecule has 0 aliphatic carbocycles. The molecule has 2 amide bonds. The second-order valence-corrected chi connectivity index (χ2v) is 8.48. The Balaban J connectivity index is 1.71. The summed E-state index contributed by atoms with van der Waals surface area (Å²) in [6, 6.07) is 8.04. The molecule has 2 rings (SSSR count). The molecule has 0 aromatic heterocycles. The Kier molecular flexibility index (Phi) is 7.25. The van der Waals surface area contributed by atoms with Crippen molar-refractivity contribution in [3.05, 3.63) is 35.4 Å². The summed E-state index contributed by atoms with van der Waals surface area (Å²) in [7, 11) is -3.19. The Labute approximate surface area is 151 Å². The smallest absolute Gasteiger partial charge is 0.317 e. The molecule has 1 saturated heterocycles. The number of nitrogens with one attached hydrogen (secondary N) is 2. The van der Waals surface area contributed by atoms with Gasteiger partial charge in [0.15, 0.2) is 0 Å². The SMILES string of the molecule is CCCS(=O)(=O)NC1CCN(C(=O)NCCc2ccccc2C)CC1. The maximum Gasteiger partial charge on any atom is 0.317 e. The molecule has 0 spiro atoms. The fourth-order valence-electron chi connectivity index (χ4n) is 3.09. The molecule has 1 fully saturated rings. The minimum Gasteiger partial charge on any atom is -0.338 e. The molecule has 25 heavy (non-hydrogen) atoms. The summed E-state index contributed by atoms with van der Waals surface area (Å²) in [6.45, 7) is 5.68. The number of aryl methyl sites for hydroxylation is 1. The third-order valence-electron chi connectivity index (χ3n) is 4.53. The van der Waals surface area contributed by atoms with Crippen LogP contribution in [0, 0.1) is 6.92 Å². The number of rotatable bonds is 7. The molecular weight excluding hydrogens is 338 g/mol. The van der Waals surface area contributed by atoms with Crippen molar-refractivity contribution in [2.75, 3.05) is 25.4 Å². The van der Waals surface area contributed by atoms with Crippen molar-refractivity contribution >= 4 is 16.1 Å². The maximum atomic E-state index is 12.2. The largest absolute Gasteiger partial charge is 0.338 e. The Morgan fingerprint density at radius 2 is 1.92 bits per heavy atom. The Morgan fingerprint density at radius 3 is 2.56 bits per heavy atom. The third kappa shape index (κ3) is 6.32. The number of benzene rings is 1. The van der Waals surface area contributed by atoms with Crippen LogP contribution in [-0.2, 0) is 16.4 Å². The second kappa shape index (κ2) is 9.20. The predicted octanol–water partition coefficient (Wildman–Crippen LogP) is 2.04. The fraction of sp³-hybridized carbons (Fsp3) is 0.611. The van der Waals surface area contributed by atoms with Crippen molar-refractivity contribution in [2.24, 2.45) is 0 Å². The van der Waals surface area contributed by atoms with E-state index in [0.717, 1.165) is 6.42 Å². The van der Waals surface area contributed by atoms with E-state index in [2.05, 4.69) is 29.1 Å². The first kappa shape index (κ1) is 19.7. The number of hydrogen-bond acceptors (Lipinski definition) is 3. The average molecular weight is 368 g/mol. The maximum absolute atomic E-state index is 12.2. The van der Waals surface area contributed by atoms with Gasteiger partial charge in [-0.1, -0.05) is 31.2 Å². The van der Waals surface area contributed by atoms with Crippen molar-refractivity contribution in [1.29, 1.82) is 0 Å². The molecule has 1 aromatic carbocycles. The number of carbonyl (C=O) groups excluding carboxylic acids is 1. The van der Waals surface area contributed by atoms with Crippen LogP contribution in [0.3, 0.4) is 0 Å². The lowest BCUT2D eigenvalue weighted by Crippen LogP contribution is -2.49. The monoisotopic (exact) mass is 367 g/mol. The highest BCUT2D eigenvalue weighted by atomic mass is 32.2. The molecule has 0 atom stereocenters. The average Bonchev–Trinajstić information content (AvgIpc) is 2.56. The van der Waals surface area contributed by atoms with Gasteiger partial charge in [0.2, 0.25) is 10.0 Å². The lowest BCUT2D eigenvalue weighted by molar-refractivity contribution is 0.180. The molecule has 140 valence electrons. The van der Waals surface area contributed by atoms with E-state index >= 15 is 0 Å². The van der Waals surface area contributed by atoms with E-state index in [9.17, 15) is 13.2 Å². The lowest BCUT2D eigenvalue weighted by atomic mass is 10.1. The number of hydrogen-bond donors (Lipinski definition) is 2. The second-order valence-electron chi connectivity index (χ2n) is 6.61. The van der Waals surface area contributed by atoms with E-state index in [1.807, 2.05) is 19.1 Å². The van der Waals surface area contributed by atoms with E-state index in [-0.39, 0.29) is 17.8 Å². The van der Waals surface area contributed by atoms with E-state index in [1.165, 1.54) is 11.1 Å². The van der Waals surface area contributed by atoms with Crippen molar-refractivity contribution in [2.45, 2.75) is 45.6 Å². The van der Waals surface area contributed by atoms with Gasteiger partial charge in [-0.05, 0) is 43.7 Å². The Bertz CT molecular complexity index is 668. The van der Waals surface area contributed by atoms with Gasteiger partial charge >= 0.3 is 6.03 Å². The topological polar surface area (TPSA) is 78.5 Å². The molecule has 6 nitrogen and oxygen atoms in total. The summed E-state index contributed by atoms with van der Waals surface area (Å²) in [5.74, 6) is 0.159. The number of carbonyl (C=O) groups is 1. The Morgan fingerprint density at radius 1 is 1.24 bits per heavy atom. The molecular formula is C18H29N3O3S. The first-order valence-electron chi connectivity index (χ1n) is 8.98. The van der Waals surface area contributed by atoms with Gasteiger partial charge < -0.3 is 10.2 Å². The molecule has 1 aliphatic rings. The van der Waals surface area contributed by atoms with Crippen LogP contribution in [0.4, 0.5) is 4.79 Å². The van der Waals surface area contributed by atoms with Crippen molar-refractivity contribution in [3.63, 3.8) is 0 Å². The van der Waals surface area contributed by atoms with Crippen molar-refractivity contribution in [3.8, 4) is 0 Å². The van der Waals surface area contributed by atoms with Crippen LogP contribution in [0.25, 0.3) is 0 Å². The number of likely N-dealkylation sites (tertiary alicyclic amines) is 1. The van der Waals surface area contributed by atoms with Gasteiger partial charge in [-0.3, -0.25) is 0 Å². The van der Waals surface area contributed by atoms with Crippen molar-refractivity contribution in [1.82, 2.24) is 14.9 Å². The van der Waals surface area contributed by atoms with Gasteiger partial charge in [0.25, 0.3) is 0 Å². The highest BCUT2D eigenvalue weighted by molar-refractivity contribution is 7.89. The Hall–Kier alpha value is -1.60. The zero-order valence-corrected chi connectivity index (χ0v) is 15.9. The van der Waals surface area contributed by atoms with Gasteiger partial charge in [0, 0.05) is 25.7 Å². The molecule has 0 radical (unpaired) electrons. The predicted molar refractivity (Wildman–Crippen MR) is 100 cm³/mol. The fourth-order valence-corrected chi connectivity index (χ4v) is 4.49. The molecule has 1 aromatic rings. The van der Waals surface area contributed by atoms with Crippen molar-refractivity contribution < 1.29 is 13.2 Å². The standard InChI is InChI=1S/C18H29N3O3S/c1-3-14-25(23,24)20-17-9-12-21(13-10-17)18(22)19-11-8-16-7-5-4-6-15(16)2/h4-7,17,20H,3,8-14H2,1-2H3,(H,19,22). The van der Waals surface area contributed by atoms with Crippen LogP contribution in [0.15, 0.2) is 24.3 Å². The molecule has 7 heteroatoms. The summed E-state index contributed by atoms with van der Waals surface area (Å²) < 4.78 is 26.4. The van der Waals surface area contributed by atoms with Gasteiger partial charge in [-0.25, -0.2) is 17.9 Å². The van der Waals surface area contributed by atoms with E-state index in [0.29, 0.717) is 38.9 Å². The molecule has 1 heterocycles. The normalized spacial score (nSPS) is 16.0. The van der Waals surface area contributed by atoms with Gasteiger partial charge in [0.1, 0.15) is 0 Å². The van der Waals surface area contributed by atoms with E-state index in [1.54, 1.807) is 4.90 Å². The number of sulfonamides is 1. The summed E-state index contributed by atoms with van der Waals surface area (Å²) in [5, 5.41) is 2.96.